The molecule has 2 heterocycles. The van der Waals surface area contributed by atoms with Crippen LogP contribution in [0.1, 0.15) is 25.0 Å². The van der Waals surface area contributed by atoms with Crippen LogP contribution in [0, 0.1) is 0 Å². The van der Waals surface area contributed by atoms with Crippen LogP contribution in [0.2, 0.25) is 0 Å². The third-order valence-electron chi connectivity index (χ3n) is 8.48. The van der Waals surface area contributed by atoms with Crippen LogP contribution in [0.5, 0.6) is 0 Å². The van der Waals surface area contributed by atoms with E-state index in [9.17, 15) is 0 Å². The van der Waals surface area contributed by atoms with Crippen molar-refractivity contribution >= 4 is 21.9 Å². The van der Waals surface area contributed by atoms with Crippen molar-refractivity contribution in [1.82, 2.24) is 4.98 Å². The highest BCUT2D eigenvalue weighted by atomic mass is 16.3. The predicted octanol–water partition coefficient (Wildman–Crippen LogP) is 10.3. The second kappa shape index (κ2) is 8.53. The number of benzene rings is 5. The lowest BCUT2D eigenvalue weighted by atomic mass is 9.81. The lowest BCUT2D eigenvalue weighted by Gasteiger charge is -2.22. The number of hydrogen-bond donors (Lipinski definition) is 0. The van der Waals surface area contributed by atoms with Crippen molar-refractivity contribution in [2.24, 2.45) is 0 Å². The van der Waals surface area contributed by atoms with Gasteiger partial charge in [0.1, 0.15) is 11.2 Å². The van der Waals surface area contributed by atoms with Crippen molar-refractivity contribution in [3.8, 4) is 44.8 Å². The van der Waals surface area contributed by atoms with Crippen molar-refractivity contribution in [2.75, 3.05) is 0 Å². The summed E-state index contributed by atoms with van der Waals surface area (Å²) in [6.07, 6.45) is 0. The van der Waals surface area contributed by atoms with Crippen molar-refractivity contribution in [2.45, 2.75) is 19.3 Å². The zero-order chi connectivity index (χ0) is 26.8. The third-order valence-corrected chi connectivity index (χ3v) is 8.48. The molecule has 5 aromatic carbocycles. The molecule has 0 atom stereocenters. The average Bonchev–Trinajstić information content (AvgIpc) is 3.50. The zero-order valence-electron chi connectivity index (χ0n) is 22.5. The quantitative estimate of drug-likeness (QED) is 0.235. The van der Waals surface area contributed by atoms with Crippen LogP contribution in [0.15, 0.2) is 132 Å². The summed E-state index contributed by atoms with van der Waals surface area (Å²) in [5, 5.41) is 2.38. The minimum atomic E-state index is -0.146. The summed E-state index contributed by atoms with van der Waals surface area (Å²) in [4.78, 5) is 5.19. The van der Waals surface area contributed by atoms with E-state index in [1.807, 2.05) is 12.1 Å². The molecule has 40 heavy (non-hydrogen) atoms. The first-order valence-corrected chi connectivity index (χ1v) is 13.8. The zero-order valence-corrected chi connectivity index (χ0v) is 22.5. The maximum atomic E-state index is 6.25. The molecule has 190 valence electrons. The minimum absolute atomic E-state index is 0.146. The molecule has 0 saturated heterocycles. The molecule has 0 amide bonds. The van der Waals surface area contributed by atoms with Crippen molar-refractivity contribution < 1.29 is 4.42 Å². The minimum Gasteiger partial charge on any atom is -0.456 e. The number of pyridine rings is 1. The summed E-state index contributed by atoms with van der Waals surface area (Å²) in [6, 6.07) is 45.1. The Morgan fingerprint density at radius 3 is 1.98 bits per heavy atom. The predicted molar refractivity (Wildman–Crippen MR) is 165 cm³/mol. The Kier molecular flexibility index (Phi) is 4.90. The smallest absolute Gasteiger partial charge is 0.136 e. The molecule has 0 unspecified atom stereocenters. The Morgan fingerprint density at radius 2 is 1.20 bits per heavy atom. The van der Waals surface area contributed by atoms with E-state index in [1.54, 1.807) is 0 Å². The summed E-state index contributed by atoms with van der Waals surface area (Å²) in [5.74, 6) is 0. The molecule has 1 aliphatic rings. The van der Waals surface area contributed by atoms with Crippen LogP contribution in [0.4, 0.5) is 0 Å². The van der Waals surface area contributed by atoms with E-state index in [-0.39, 0.29) is 5.41 Å². The molecule has 0 aliphatic heterocycles. The number of rotatable bonds is 3. The maximum Gasteiger partial charge on any atom is 0.136 e. The van der Waals surface area contributed by atoms with Crippen molar-refractivity contribution in [3.05, 3.63) is 139 Å². The number of aromatic nitrogens is 1. The molecule has 0 bridgehead atoms. The van der Waals surface area contributed by atoms with E-state index in [1.165, 1.54) is 44.2 Å². The van der Waals surface area contributed by atoms with Crippen LogP contribution in [0.25, 0.3) is 66.7 Å². The lowest BCUT2D eigenvalue weighted by Crippen LogP contribution is -2.15. The first-order chi connectivity index (χ1) is 19.6. The fourth-order valence-electron chi connectivity index (χ4n) is 6.43. The third kappa shape index (κ3) is 3.39. The molecule has 0 radical (unpaired) electrons. The van der Waals surface area contributed by atoms with Gasteiger partial charge in [-0.15, -0.1) is 0 Å². The van der Waals surface area contributed by atoms with Gasteiger partial charge in [0.25, 0.3) is 0 Å². The first-order valence-electron chi connectivity index (χ1n) is 13.8. The number of para-hydroxylation sites is 1. The van der Waals surface area contributed by atoms with Crippen LogP contribution in [-0.4, -0.2) is 4.98 Å². The Morgan fingerprint density at radius 1 is 0.525 bits per heavy atom. The molecule has 8 rings (SSSR count). The average molecular weight is 514 g/mol. The van der Waals surface area contributed by atoms with Crippen LogP contribution in [-0.2, 0) is 5.41 Å². The van der Waals surface area contributed by atoms with Crippen molar-refractivity contribution in [3.63, 3.8) is 0 Å². The molecular formula is C38H27NO. The van der Waals surface area contributed by atoms with Gasteiger partial charge in [0.2, 0.25) is 0 Å². The molecule has 7 aromatic rings. The molecule has 2 nitrogen and oxygen atoms in total. The first kappa shape index (κ1) is 23.0. The van der Waals surface area contributed by atoms with Gasteiger partial charge in [-0.3, -0.25) is 0 Å². The highest BCUT2D eigenvalue weighted by Gasteiger charge is 2.37. The van der Waals surface area contributed by atoms with E-state index in [0.717, 1.165) is 33.7 Å². The second-order valence-electron chi connectivity index (χ2n) is 11.2. The largest absolute Gasteiger partial charge is 0.456 e. The normalized spacial score (nSPS) is 13.4. The van der Waals surface area contributed by atoms with E-state index < -0.39 is 0 Å². The van der Waals surface area contributed by atoms with E-state index in [2.05, 4.69) is 129 Å². The highest BCUT2D eigenvalue weighted by molar-refractivity contribution is 6.15. The Balaban J connectivity index is 1.34. The van der Waals surface area contributed by atoms with Crippen LogP contribution < -0.4 is 0 Å². The number of nitrogens with zero attached hydrogens (tertiary/aromatic N) is 1. The Labute approximate surface area is 233 Å². The standard InChI is InChI=1S/C38H27NO/c1-38(2)30-19-20-35-37(29-15-9-10-16-34(29)40-35)36(30)28-18-17-26(21-31(28)38)33-23-27(24-11-5-3-6-12-24)22-32(39-33)25-13-7-4-8-14-25/h3-23H,1-2H3. The van der Waals surface area contributed by atoms with Gasteiger partial charge in [-0.2, -0.15) is 0 Å². The van der Waals surface area contributed by atoms with Gasteiger partial charge in [-0.1, -0.05) is 111 Å². The summed E-state index contributed by atoms with van der Waals surface area (Å²) < 4.78 is 6.25. The van der Waals surface area contributed by atoms with Gasteiger partial charge in [0, 0.05) is 27.3 Å². The molecule has 0 spiro atoms. The fourth-order valence-corrected chi connectivity index (χ4v) is 6.43. The van der Waals surface area contributed by atoms with Gasteiger partial charge in [0.05, 0.1) is 11.4 Å². The Hall–Kier alpha value is -4.95. The van der Waals surface area contributed by atoms with Crippen LogP contribution in [0.3, 0.4) is 0 Å². The summed E-state index contributed by atoms with van der Waals surface area (Å²) in [5.41, 5.74) is 13.5. The second-order valence-corrected chi connectivity index (χ2v) is 11.2. The fraction of sp³-hybridized carbons (Fsp3) is 0.0789. The molecule has 2 heteroatoms. The van der Waals surface area contributed by atoms with Gasteiger partial charge in [-0.05, 0) is 63.7 Å². The molecular weight excluding hydrogens is 486 g/mol. The van der Waals surface area contributed by atoms with E-state index in [0.29, 0.717) is 0 Å². The lowest BCUT2D eigenvalue weighted by molar-refractivity contribution is 0.657. The number of fused-ring (bicyclic) bond motifs is 7. The van der Waals surface area contributed by atoms with Crippen LogP contribution >= 0.6 is 0 Å². The van der Waals surface area contributed by atoms with Gasteiger partial charge in [0.15, 0.2) is 0 Å². The topological polar surface area (TPSA) is 26.0 Å². The monoisotopic (exact) mass is 513 g/mol. The summed E-state index contributed by atoms with van der Waals surface area (Å²) in [7, 11) is 0. The molecule has 0 saturated carbocycles. The summed E-state index contributed by atoms with van der Waals surface area (Å²) >= 11 is 0. The van der Waals surface area contributed by atoms with Crippen molar-refractivity contribution in [1.29, 1.82) is 0 Å². The molecule has 2 aromatic heterocycles. The van der Waals surface area contributed by atoms with E-state index in [4.69, 9.17) is 9.40 Å². The number of hydrogen-bond acceptors (Lipinski definition) is 2. The molecule has 0 fully saturated rings. The highest BCUT2D eigenvalue weighted by Crippen LogP contribution is 2.53. The number of furan rings is 1. The summed E-state index contributed by atoms with van der Waals surface area (Å²) in [6.45, 7) is 4.66. The van der Waals surface area contributed by atoms with Gasteiger partial charge in [-0.25, -0.2) is 4.98 Å². The Bertz CT molecular complexity index is 2010. The van der Waals surface area contributed by atoms with Gasteiger partial charge >= 0.3 is 0 Å². The molecule has 1 aliphatic carbocycles. The van der Waals surface area contributed by atoms with Gasteiger partial charge < -0.3 is 4.42 Å². The SMILES string of the molecule is CC1(C)c2cc(-c3cc(-c4ccccc4)cc(-c4ccccc4)n3)ccc2-c2c1ccc1oc3ccccc3c21. The molecule has 0 N–H and O–H groups in total. The van der Waals surface area contributed by atoms with E-state index >= 15 is 0 Å². The maximum absolute atomic E-state index is 6.25.